The summed E-state index contributed by atoms with van der Waals surface area (Å²) in [5.41, 5.74) is 6.91. The number of hydrogen-bond acceptors (Lipinski definition) is 5. The van der Waals surface area contributed by atoms with E-state index in [1.807, 2.05) is 12.3 Å². The molecule has 0 unspecified atom stereocenters. The van der Waals surface area contributed by atoms with Crippen LogP contribution in [0.4, 0.5) is 0 Å². The van der Waals surface area contributed by atoms with Crippen LogP contribution in [0, 0.1) is 6.92 Å². The van der Waals surface area contributed by atoms with Crippen molar-refractivity contribution >= 4 is 22.9 Å². The van der Waals surface area contributed by atoms with Crippen molar-refractivity contribution in [3.63, 3.8) is 0 Å². The molecule has 0 radical (unpaired) electrons. The number of hydrogen-bond donors (Lipinski definition) is 1. The Balaban J connectivity index is 1.97. The van der Waals surface area contributed by atoms with Crippen LogP contribution >= 0.6 is 22.9 Å². The van der Waals surface area contributed by atoms with Gasteiger partial charge in [-0.05, 0) is 30.7 Å². The molecular weight excluding hydrogens is 270 g/mol. The van der Waals surface area contributed by atoms with Gasteiger partial charge < -0.3 is 10.3 Å². The van der Waals surface area contributed by atoms with Crippen LogP contribution in [0.2, 0.25) is 5.02 Å². The van der Waals surface area contributed by atoms with Gasteiger partial charge in [0.1, 0.15) is 4.88 Å². The Hall–Kier alpha value is -0.910. The second-order valence-electron chi connectivity index (χ2n) is 4.85. The van der Waals surface area contributed by atoms with Crippen molar-refractivity contribution in [2.75, 3.05) is 0 Å². The average Bonchev–Trinajstić information content (AvgIpc) is 3.03. The van der Waals surface area contributed by atoms with Gasteiger partial charge in [-0.1, -0.05) is 29.6 Å². The van der Waals surface area contributed by atoms with Crippen LogP contribution < -0.4 is 5.73 Å². The second kappa shape index (κ2) is 4.33. The first kappa shape index (κ1) is 12.1. The summed E-state index contributed by atoms with van der Waals surface area (Å²) < 4.78 is 5.31. The summed E-state index contributed by atoms with van der Waals surface area (Å²) in [5.74, 6) is 1.09. The monoisotopic (exact) mass is 283 g/mol. The Morgan fingerprint density at radius 2 is 2.17 bits per heavy atom. The summed E-state index contributed by atoms with van der Waals surface area (Å²) in [7, 11) is 0. The van der Waals surface area contributed by atoms with E-state index in [1.54, 1.807) is 0 Å². The van der Waals surface area contributed by atoms with E-state index < -0.39 is 5.54 Å². The fraction of sp³-hybridized carbons (Fsp3) is 0.500. The van der Waals surface area contributed by atoms with Crippen molar-refractivity contribution in [1.82, 2.24) is 10.1 Å². The van der Waals surface area contributed by atoms with Crippen molar-refractivity contribution < 1.29 is 4.52 Å². The van der Waals surface area contributed by atoms with E-state index in [0.717, 1.165) is 36.1 Å². The van der Waals surface area contributed by atoms with E-state index in [-0.39, 0.29) is 0 Å². The number of aryl methyl sites for hydroxylation is 1. The third kappa shape index (κ3) is 1.86. The average molecular weight is 284 g/mol. The highest BCUT2D eigenvalue weighted by molar-refractivity contribution is 7.14. The van der Waals surface area contributed by atoms with E-state index in [1.165, 1.54) is 11.3 Å². The van der Waals surface area contributed by atoms with Crippen LogP contribution in [0.25, 0.3) is 10.8 Å². The molecule has 2 aromatic rings. The Morgan fingerprint density at radius 1 is 1.44 bits per heavy atom. The summed E-state index contributed by atoms with van der Waals surface area (Å²) >= 11 is 7.71. The fourth-order valence-corrected chi connectivity index (χ4v) is 3.52. The minimum Gasteiger partial charge on any atom is -0.333 e. The van der Waals surface area contributed by atoms with Crippen molar-refractivity contribution in [1.29, 1.82) is 0 Å². The van der Waals surface area contributed by atoms with E-state index in [2.05, 4.69) is 10.1 Å². The topological polar surface area (TPSA) is 64.9 Å². The molecular formula is C12H14ClN3OS. The Labute approximate surface area is 114 Å². The molecule has 4 nitrogen and oxygen atoms in total. The van der Waals surface area contributed by atoms with E-state index in [4.69, 9.17) is 21.9 Å². The van der Waals surface area contributed by atoms with E-state index in [9.17, 15) is 0 Å². The van der Waals surface area contributed by atoms with Gasteiger partial charge in [-0.15, -0.1) is 11.3 Å². The maximum Gasteiger partial charge on any atom is 0.269 e. The van der Waals surface area contributed by atoms with Gasteiger partial charge in [-0.2, -0.15) is 4.98 Å². The van der Waals surface area contributed by atoms with Crippen molar-refractivity contribution in [3.05, 3.63) is 21.8 Å². The van der Waals surface area contributed by atoms with Crippen molar-refractivity contribution in [2.24, 2.45) is 5.73 Å². The van der Waals surface area contributed by atoms with Crippen LogP contribution in [0.3, 0.4) is 0 Å². The molecule has 0 bridgehead atoms. The molecule has 1 aliphatic carbocycles. The summed E-state index contributed by atoms with van der Waals surface area (Å²) in [5, 5.41) is 6.70. The number of rotatable bonds is 2. The number of halogens is 1. The van der Waals surface area contributed by atoms with Gasteiger partial charge in [0.2, 0.25) is 0 Å². The van der Waals surface area contributed by atoms with Gasteiger partial charge in [0.05, 0.1) is 10.6 Å². The zero-order valence-electron chi connectivity index (χ0n) is 10.1. The summed E-state index contributed by atoms with van der Waals surface area (Å²) in [4.78, 5) is 5.26. The standard InChI is InChI=1S/C12H14ClN3OS/c1-7-6-18-9(8(7)13)10-15-11(16-17-10)12(14)4-2-3-5-12/h6H,2-5,14H2,1H3. The second-order valence-corrected chi connectivity index (χ2v) is 6.11. The summed E-state index contributed by atoms with van der Waals surface area (Å²) in [6.07, 6.45) is 4.09. The van der Waals surface area contributed by atoms with Gasteiger partial charge in [0.15, 0.2) is 5.82 Å². The first-order chi connectivity index (χ1) is 8.60. The van der Waals surface area contributed by atoms with Gasteiger partial charge in [0, 0.05) is 0 Å². The Bertz CT molecular complexity index is 572. The molecule has 0 saturated heterocycles. The number of nitrogens with zero attached hydrogens (tertiary/aromatic N) is 2. The minimum atomic E-state index is -0.416. The summed E-state index contributed by atoms with van der Waals surface area (Å²) in [6, 6.07) is 0. The molecule has 3 rings (SSSR count). The van der Waals surface area contributed by atoms with Crippen molar-refractivity contribution in [2.45, 2.75) is 38.1 Å². The molecule has 18 heavy (non-hydrogen) atoms. The molecule has 96 valence electrons. The smallest absolute Gasteiger partial charge is 0.269 e. The Morgan fingerprint density at radius 3 is 2.78 bits per heavy atom. The Kier molecular flexibility index (Phi) is 2.92. The van der Waals surface area contributed by atoms with Crippen LogP contribution in [0.1, 0.15) is 37.1 Å². The lowest BCUT2D eigenvalue weighted by Gasteiger charge is -2.17. The normalized spacial score (nSPS) is 18.4. The maximum absolute atomic E-state index is 6.30. The largest absolute Gasteiger partial charge is 0.333 e. The predicted octanol–water partition coefficient (Wildman–Crippen LogP) is 3.49. The fourth-order valence-electron chi connectivity index (χ4n) is 2.32. The quantitative estimate of drug-likeness (QED) is 0.916. The van der Waals surface area contributed by atoms with Crippen molar-refractivity contribution in [3.8, 4) is 10.8 Å². The van der Waals surface area contributed by atoms with Crippen LogP contribution in [0.5, 0.6) is 0 Å². The molecule has 6 heteroatoms. The van der Waals surface area contributed by atoms with Gasteiger partial charge >= 0.3 is 0 Å². The zero-order chi connectivity index (χ0) is 12.8. The first-order valence-corrected chi connectivity index (χ1v) is 7.23. The van der Waals surface area contributed by atoms with Gasteiger partial charge in [-0.3, -0.25) is 0 Å². The molecule has 0 aromatic carbocycles. The lowest BCUT2D eigenvalue weighted by molar-refractivity contribution is 0.373. The zero-order valence-corrected chi connectivity index (χ0v) is 11.6. The number of thiophene rings is 1. The predicted molar refractivity (Wildman–Crippen MR) is 71.7 cm³/mol. The number of nitrogens with two attached hydrogens (primary N) is 1. The van der Waals surface area contributed by atoms with Crippen LogP contribution in [-0.2, 0) is 5.54 Å². The lowest BCUT2D eigenvalue weighted by atomic mass is 9.99. The molecule has 0 amide bonds. The maximum atomic E-state index is 6.30. The van der Waals surface area contributed by atoms with Gasteiger partial charge in [-0.25, -0.2) is 0 Å². The SMILES string of the molecule is Cc1csc(-c2nc(C3(N)CCCC3)no2)c1Cl. The van der Waals surface area contributed by atoms with Crippen LogP contribution in [0.15, 0.2) is 9.90 Å². The molecule has 1 saturated carbocycles. The van der Waals surface area contributed by atoms with Gasteiger partial charge in [0.25, 0.3) is 5.89 Å². The lowest BCUT2D eigenvalue weighted by Crippen LogP contribution is -2.34. The highest BCUT2D eigenvalue weighted by Gasteiger charge is 2.36. The third-order valence-corrected chi connectivity index (χ3v) is 5.15. The molecule has 1 fully saturated rings. The molecule has 2 heterocycles. The highest BCUT2D eigenvalue weighted by atomic mass is 35.5. The molecule has 0 aliphatic heterocycles. The number of aromatic nitrogens is 2. The molecule has 2 N–H and O–H groups in total. The molecule has 0 spiro atoms. The minimum absolute atomic E-state index is 0.416. The first-order valence-electron chi connectivity index (χ1n) is 5.97. The third-order valence-electron chi connectivity index (χ3n) is 3.46. The molecule has 1 aliphatic rings. The van der Waals surface area contributed by atoms with Crippen LogP contribution in [-0.4, -0.2) is 10.1 Å². The molecule has 0 atom stereocenters. The van der Waals surface area contributed by atoms with E-state index in [0.29, 0.717) is 16.7 Å². The molecule has 2 aromatic heterocycles. The highest BCUT2D eigenvalue weighted by Crippen LogP contribution is 2.38. The summed E-state index contributed by atoms with van der Waals surface area (Å²) in [6.45, 7) is 1.96. The van der Waals surface area contributed by atoms with E-state index >= 15 is 0 Å².